The lowest BCUT2D eigenvalue weighted by Gasteiger charge is -2.47. The highest BCUT2D eigenvalue weighted by Gasteiger charge is 2.37. The van der Waals surface area contributed by atoms with Crippen LogP contribution in [0.5, 0.6) is 0 Å². The molecule has 0 spiro atoms. The van der Waals surface area contributed by atoms with E-state index in [1.165, 1.54) is 36.9 Å². The minimum atomic E-state index is 0.357. The Morgan fingerprint density at radius 2 is 2.07 bits per heavy atom. The molecule has 4 heteroatoms. The van der Waals surface area contributed by atoms with E-state index < -0.39 is 0 Å². The smallest absolute Gasteiger partial charge is 0.223 e. The predicted octanol–water partition coefficient (Wildman–Crippen LogP) is 4.46. The maximum atomic E-state index is 13.1. The van der Waals surface area contributed by atoms with E-state index in [1.807, 2.05) is 0 Å². The van der Waals surface area contributed by atoms with Crippen LogP contribution in [0.3, 0.4) is 0 Å². The number of carbonyl (C=O) groups excluding carboxylic acids is 1. The fraction of sp³-hybridized carbons (Fsp3) is 0.625. The first-order chi connectivity index (χ1) is 13.6. The lowest BCUT2D eigenvalue weighted by Crippen LogP contribution is -2.55. The third kappa shape index (κ3) is 4.27. The summed E-state index contributed by atoms with van der Waals surface area (Å²) in [6.07, 6.45) is 8.42. The number of piperidine rings is 2. The van der Waals surface area contributed by atoms with Crippen molar-refractivity contribution in [2.24, 2.45) is 11.8 Å². The van der Waals surface area contributed by atoms with Crippen LogP contribution in [-0.4, -0.2) is 52.9 Å². The van der Waals surface area contributed by atoms with Crippen molar-refractivity contribution in [3.05, 3.63) is 36.0 Å². The van der Waals surface area contributed by atoms with Crippen molar-refractivity contribution in [2.75, 3.05) is 26.2 Å². The Labute approximate surface area is 169 Å². The normalized spacial score (nSPS) is 23.3. The van der Waals surface area contributed by atoms with Crippen LogP contribution in [0.2, 0.25) is 0 Å². The first-order valence-corrected chi connectivity index (χ1v) is 11.2. The SMILES string of the molecule is CC(C)CCN1CC[C@@H]2[C@H](CCCN2C(=O)CCc2c[nH]c3ccccc23)C1. The minimum absolute atomic E-state index is 0.357. The van der Waals surface area contributed by atoms with Crippen LogP contribution in [0.4, 0.5) is 0 Å². The molecule has 0 aliphatic carbocycles. The number of aryl methyl sites for hydroxylation is 1. The summed E-state index contributed by atoms with van der Waals surface area (Å²) >= 11 is 0. The zero-order valence-electron chi connectivity index (χ0n) is 17.5. The molecule has 2 aliphatic heterocycles. The van der Waals surface area contributed by atoms with Gasteiger partial charge in [0, 0.05) is 49.2 Å². The number of H-pyrrole nitrogens is 1. The predicted molar refractivity (Wildman–Crippen MR) is 115 cm³/mol. The summed E-state index contributed by atoms with van der Waals surface area (Å²) in [5.41, 5.74) is 2.43. The van der Waals surface area contributed by atoms with Crippen molar-refractivity contribution in [1.82, 2.24) is 14.8 Å². The van der Waals surface area contributed by atoms with Gasteiger partial charge in [-0.05, 0) is 62.1 Å². The number of fused-ring (bicyclic) bond motifs is 2. The number of aromatic amines is 1. The van der Waals surface area contributed by atoms with Gasteiger partial charge >= 0.3 is 0 Å². The molecule has 0 bridgehead atoms. The highest BCUT2D eigenvalue weighted by molar-refractivity contribution is 5.84. The quantitative estimate of drug-likeness (QED) is 0.802. The molecule has 2 saturated heterocycles. The molecule has 0 saturated carbocycles. The lowest BCUT2D eigenvalue weighted by atomic mass is 9.83. The highest BCUT2D eigenvalue weighted by atomic mass is 16.2. The second-order valence-corrected chi connectivity index (χ2v) is 9.19. The number of rotatable bonds is 6. The van der Waals surface area contributed by atoms with E-state index in [9.17, 15) is 4.79 Å². The average molecular weight is 382 g/mol. The molecule has 28 heavy (non-hydrogen) atoms. The monoisotopic (exact) mass is 381 g/mol. The van der Waals surface area contributed by atoms with Gasteiger partial charge in [0.1, 0.15) is 0 Å². The van der Waals surface area contributed by atoms with Gasteiger partial charge in [-0.25, -0.2) is 0 Å². The molecule has 4 nitrogen and oxygen atoms in total. The molecule has 0 unspecified atom stereocenters. The number of aromatic nitrogens is 1. The Morgan fingerprint density at radius 3 is 2.93 bits per heavy atom. The Bertz CT molecular complexity index is 796. The first-order valence-electron chi connectivity index (χ1n) is 11.2. The van der Waals surface area contributed by atoms with Crippen LogP contribution in [-0.2, 0) is 11.2 Å². The van der Waals surface area contributed by atoms with Gasteiger partial charge in [-0.15, -0.1) is 0 Å². The van der Waals surface area contributed by atoms with Crippen molar-refractivity contribution < 1.29 is 4.79 Å². The first kappa shape index (κ1) is 19.5. The van der Waals surface area contributed by atoms with Gasteiger partial charge in [-0.1, -0.05) is 32.0 Å². The molecule has 1 aromatic heterocycles. The number of hydrogen-bond donors (Lipinski definition) is 1. The lowest BCUT2D eigenvalue weighted by molar-refractivity contribution is -0.138. The highest BCUT2D eigenvalue weighted by Crippen LogP contribution is 2.31. The average Bonchev–Trinajstić information content (AvgIpc) is 3.13. The Balaban J connectivity index is 1.34. The third-order valence-electron chi connectivity index (χ3n) is 6.78. The van der Waals surface area contributed by atoms with E-state index in [4.69, 9.17) is 0 Å². The molecule has 2 aromatic rings. The van der Waals surface area contributed by atoms with Crippen LogP contribution >= 0.6 is 0 Å². The molecular formula is C24H35N3O. The van der Waals surface area contributed by atoms with E-state index in [0.717, 1.165) is 43.8 Å². The topological polar surface area (TPSA) is 39.3 Å². The summed E-state index contributed by atoms with van der Waals surface area (Å²) in [6.45, 7) is 9.13. The summed E-state index contributed by atoms with van der Waals surface area (Å²) in [7, 11) is 0. The Kier molecular flexibility index (Phi) is 6.05. The second-order valence-electron chi connectivity index (χ2n) is 9.19. The third-order valence-corrected chi connectivity index (χ3v) is 6.78. The number of para-hydroxylation sites is 1. The van der Waals surface area contributed by atoms with Gasteiger partial charge in [0.25, 0.3) is 0 Å². The Morgan fingerprint density at radius 1 is 1.21 bits per heavy atom. The molecule has 152 valence electrons. The van der Waals surface area contributed by atoms with Gasteiger partial charge in [-0.2, -0.15) is 0 Å². The number of amides is 1. The summed E-state index contributed by atoms with van der Waals surface area (Å²) in [5, 5.41) is 1.25. The number of nitrogens with zero attached hydrogens (tertiary/aromatic N) is 2. The minimum Gasteiger partial charge on any atom is -0.361 e. The molecule has 0 radical (unpaired) electrons. The summed E-state index contributed by atoms with van der Waals surface area (Å²) in [5.74, 6) is 1.80. The van der Waals surface area contributed by atoms with E-state index in [0.29, 0.717) is 24.3 Å². The molecule has 1 aromatic carbocycles. The molecule has 4 rings (SSSR count). The van der Waals surface area contributed by atoms with Gasteiger partial charge in [-0.3, -0.25) is 4.79 Å². The van der Waals surface area contributed by atoms with Gasteiger partial charge in [0.2, 0.25) is 5.91 Å². The maximum absolute atomic E-state index is 13.1. The molecular weight excluding hydrogens is 346 g/mol. The molecule has 3 heterocycles. The van der Waals surface area contributed by atoms with Crippen LogP contribution in [0.1, 0.15) is 51.5 Å². The van der Waals surface area contributed by atoms with Crippen molar-refractivity contribution >= 4 is 16.8 Å². The van der Waals surface area contributed by atoms with Crippen LogP contribution in [0, 0.1) is 11.8 Å². The molecule has 2 fully saturated rings. The number of nitrogens with one attached hydrogen (secondary N) is 1. The zero-order valence-corrected chi connectivity index (χ0v) is 17.5. The van der Waals surface area contributed by atoms with Crippen molar-refractivity contribution in [3.63, 3.8) is 0 Å². The standard InChI is InChI=1S/C24H35N3O/c1-18(2)11-14-26-15-12-23-20(17-26)6-5-13-27(23)24(28)10-9-19-16-25-22-8-4-3-7-21(19)22/h3-4,7-8,16,18,20,23,25H,5-6,9-15,17H2,1-2H3/t20-,23-/m1/s1. The largest absolute Gasteiger partial charge is 0.361 e. The molecule has 2 aliphatic rings. The van der Waals surface area contributed by atoms with Gasteiger partial charge in [0.15, 0.2) is 0 Å². The second kappa shape index (κ2) is 8.69. The molecule has 2 atom stereocenters. The van der Waals surface area contributed by atoms with Crippen molar-refractivity contribution in [3.8, 4) is 0 Å². The Hall–Kier alpha value is -1.81. The van der Waals surface area contributed by atoms with Crippen LogP contribution in [0.15, 0.2) is 30.5 Å². The van der Waals surface area contributed by atoms with Gasteiger partial charge < -0.3 is 14.8 Å². The number of carbonyl (C=O) groups is 1. The van der Waals surface area contributed by atoms with Crippen LogP contribution in [0.25, 0.3) is 10.9 Å². The zero-order chi connectivity index (χ0) is 19.5. The summed E-state index contributed by atoms with van der Waals surface area (Å²) in [4.78, 5) is 21.3. The maximum Gasteiger partial charge on any atom is 0.223 e. The summed E-state index contributed by atoms with van der Waals surface area (Å²) in [6, 6.07) is 8.84. The fourth-order valence-corrected chi connectivity index (χ4v) is 5.16. The summed E-state index contributed by atoms with van der Waals surface area (Å²) < 4.78 is 0. The number of benzene rings is 1. The van der Waals surface area contributed by atoms with E-state index in [1.54, 1.807) is 0 Å². The van der Waals surface area contributed by atoms with Gasteiger partial charge in [0.05, 0.1) is 0 Å². The van der Waals surface area contributed by atoms with Crippen LogP contribution < -0.4 is 0 Å². The van der Waals surface area contributed by atoms with E-state index in [-0.39, 0.29) is 0 Å². The van der Waals surface area contributed by atoms with E-state index in [2.05, 4.69) is 59.1 Å². The van der Waals surface area contributed by atoms with Crippen molar-refractivity contribution in [1.29, 1.82) is 0 Å². The fourth-order valence-electron chi connectivity index (χ4n) is 5.16. The number of likely N-dealkylation sites (tertiary alicyclic amines) is 2. The molecule has 1 amide bonds. The van der Waals surface area contributed by atoms with Crippen molar-refractivity contribution in [2.45, 2.75) is 58.4 Å². The number of hydrogen-bond acceptors (Lipinski definition) is 2. The molecule has 1 N–H and O–H groups in total. The van der Waals surface area contributed by atoms with E-state index >= 15 is 0 Å².